The molecule has 1 aromatic rings. The Hall–Kier alpha value is -2.03. The largest absolute Gasteiger partial charge is 0.481 e. The predicted octanol–water partition coefficient (Wildman–Crippen LogP) is 3.63. The van der Waals surface area contributed by atoms with Gasteiger partial charge in [0.05, 0.1) is 31.3 Å². The molecule has 1 aliphatic rings. The molecule has 0 aliphatic carbocycles. The Morgan fingerprint density at radius 1 is 1.28 bits per heavy atom. The minimum atomic E-state index is -0.756. The van der Waals surface area contributed by atoms with Crippen molar-refractivity contribution < 1.29 is 28.6 Å². The van der Waals surface area contributed by atoms with Crippen LogP contribution in [0, 0.1) is 0 Å². The van der Waals surface area contributed by atoms with E-state index >= 15 is 0 Å². The maximum absolute atomic E-state index is 11.5. The Bertz CT molecular complexity index is 633. The number of carbonyl (C=O) groups is 2. The van der Waals surface area contributed by atoms with Gasteiger partial charge < -0.3 is 14.7 Å². The van der Waals surface area contributed by atoms with Gasteiger partial charge in [-0.25, -0.2) is 4.79 Å². The third-order valence-electron chi connectivity index (χ3n) is 3.47. The van der Waals surface area contributed by atoms with Crippen LogP contribution in [0.2, 0.25) is 0 Å². The van der Waals surface area contributed by atoms with E-state index in [0.29, 0.717) is 23.6 Å². The van der Waals surface area contributed by atoms with Gasteiger partial charge in [-0.3, -0.25) is 4.79 Å². The standard InChI is InChI=1S/C17H21NO6S/c1-22-17(21)14-8-6-7-13(11-14)12-16-23-18(24-25-16)10-5-3-2-4-9-15(19)20/h6-8,11-12H,2-5,9-10H2,1H3,(H,19,20)/b16-12-. The zero-order valence-corrected chi connectivity index (χ0v) is 14.8. The van der Waals surface area contributed by atoms with Crippen molar-refractivity contribution in [3.8, 4) is 0 Å². The summed E-state index contributed by atoms with van der Waals surface area (Å²) in [5, 5.41) is 10.5. The van der Waals surface area contributed by atoms with Gasteiger partial charge in [0, 0.05) is 6.42 Å². The van der Waals surface area contributed by atoms with Gasteiger partial charge in [0.15, 0.2) is 0 Å². The van der Waals surface area contributed by atoms with E-state index in [2.05, 4.69) is 0 Å². The lowest BCUT2D eigenvalue weighted by Gasteiger charge is -2.09. The number of hydrogen-bond donors (Lipinski definition) is 1. The molecule has 136 valence electrons. The van der Waals surface area contributed by atoms with Crippen LogP contribution in [0.5, 0.6) is 0 Å². The van der Waals surface area contributed by atoms with Crippen LogP contribution in [-0.4, -0.2) is 35.9 Å². The van der Waals surface area contributed by atoms with Crippen molar-refractivity contribution in [2.24, 2.45) is 0 Å². The monoisotopic (exact) mass is 367 g/mol. The highest BCUT2D eigenvalue weighted by Gasteiger charge is 2.21. The summed E-state index contributed by atoms with van der Waals surface area (Å²) >= 11 is 1.11. The van der Waals surface area contributed by atoms with E-state index in [9.17, 15) is 9.59 Å². The number of unbranched alkanes of at least 4 members (excludes halogenated alkanes) is 3. The summed E-state index contributed by atoms with van der Waals surface area (Å²) in [6, 6.07) is 7.03. The maximum Gasteiger partial charge on any atom is 0.337 e. The molecule has 1 N–H and O–H groups in total. The zero-order valence-electron chi connectivity index (χ0n) is 14.0. The van der Waals surface area contributed by atoms with Crippen LogP contribution < -0.4 is 0 Å². The average Bonchev–Trinajstić information content (AvgIpc) is 3.04. The minimum absolute atomic E-state index is 0.212. The second kappa shape index (κ2) is 10.1. The second-order valence-corrected chi connectivity index (χ2v) is 6.16. The Kier molecular flexibility index (Phi) is 7.77. The van der Waals surface area contributed by atoms with Crippen molar-refractivity contribution >= 4 is 30.1 Å². The van der Waals surface area contributed by atoms with Crippen molar-refractivity contribution in [3.63, 3.8) is 0 Å². The number of carboxylic acid groups (broad SMARTS) is 1. The van der Waals surface area contributed by atoms with E-state index in [1.807, 2.05) is 6.07 Å². The normalized spacial score (nSPS) is 16.0. The number of benzene rings is 1. The van der Waals surface area contributed by atoms with Crippen molar-refractivity contribution in [1.82, 2.24) is 5.23 Å². The van der Waals surface area contributed by atoms with Gasteiger partial charge in [-0.05, 0) is 41.8 Å². The number of hydroxylamine groups is 2. The highest BCUT2D eigenvalue weighted by Crippen LogP contribution is 2.31. The van der Waals surface area contributed by atoms with E-state index in [1.165, 1.54) is 12.3 Å². The number of carboxylic acids is 1. The summed E-state index contributed by atoms with van der Waals surface area (Å²) in [6.45, 7) is 0.597. The fraction of sp³-hybridized carbons (Fsp3) is 0.412. The first kappa shape index (κ1) is 19.3. The quantitative estimate of drug-likeness (QED) is 0.402. The van der Waals surface area contributed by atoms with Gasteiger partial charge in [-0.1, -0.05) is 25.0 Å². The summed E-state index contributed by atoms with van der Waals surface area (Å²) in [5.74, 6) is -1.14. The number of ether oxygens (including phenoxy) is 1. The van der Waals surface area contributed by atoms with Crippen molar-refractivity contribution in [1.29, 1.82) is 0 Å². The number of hydrogen-bond acceptors (Lipinski definition) is 7. The molecule has 0 radical (unpaired) electrons. The molecule has 0 spiro atoms. The molecule has 8 heteroatoms. The van der Waals surface area contributed by atoms with E-state index < -0.39 is 5.97 Å². The number of carbonyl (C=O) groups excluding carboxylic acids is 1. The van der Waals surface area contributed by atoms with Crippen LogP contribution in [0.1, 0.15) is 48.0 Å². The van der Waals surface area contributed by atoms with Gasteiger partial charge in [0.1, 0.15) is 0 Å². The average molecular weight is 367 g/mol. The molecule has 1 aromatic carbocycles. The smallest absolute Gasteiger partial charge is 0.337 e. The molecule has 0 unspecified atom stereocenters. The lowest BCUT2D eigenvalue weighted by Crippen LogP contribution is -2.16. The summed E-state index contributed by atoms with van der Waals surface area (Å²) in [7, 11) is 1.34. The van der Waals surface area contributed by atoms with E-state index in [0.717, 1.165) is 36.9 Å². The first-order valence-electron chi connectivity index (χ1n) is 8.00. The van der Waals surface area contributed by atoms with Crippen LogP contribution in [0.25, 0.3) is 6.08 Å². The Morgan fingerprint density at radius 2 is 2.08 bits per heavy atom. The number of nitrogens with zero attached hydrogens (tertiary/aromatic N) is 1. The van der Waals surface area contributed by atoms with Crippen LogP contribution in [-0.2, 0) is 18.7 Å². The second-order valence-electron chi connectivity index (χ2n) is 5.44. The van der Waals surface area contributed by atoms with Gasteiger partial charge in [0.25, 0.3) is 0 Å². The Balaban J connectivity index is 1.75. The number of aliphatic carboxylic acids is 1. The Morgan fingerprint density at radius 3 is 2.84 bits per heavy atom. The van der Waals surface area contributed by atoms with Crippen LogP contribution in [0.4, 0.5) is 0 Å². The first-order valence-corrected chi connectivity index (χ1v) is 8.74. The molecule has 1 fully saturated rings. The molecule has 2 rings (SSSR count). The van der Waals surface area contributed by atoms with Gasteiger partial charge in [-0.15, -0.1) is 0 Å². The molecule has 1 saturated heterocycles. The molecule has 1 heterocycles. The van der Waals surface area contributed by atoms with Crippen LogP contribution >= 0.6 is 12.0 Å². The minimum Gasteiger partial charge on any atom is -0.481 e. The molecule has 0 saturated carbocycles. The SMILES string of the molecule is COC(=O)c1cccc(/C=C2/ON(CCCCCCC(=O)O)OS2)c1. The molecule has 0 bridgehead atoms. The summed E-state index contributed by atoms with van der Waals surface area (Å²) in [6.07, 6.45) is 5.32. The van der Waals surface area contributed by atoms with Gasteiger partial charge >= 0.3 is 11.9 Å². The molecule has 0 amide bonds. The third-order valence-corrected chi connectivity index (χ3v) is 4.07. The van der Waals surface area contributed by atoms with Crippen molar-refractivity contribution in [2.45, 2.75) is 32.1 Å². The fourth-order valence-corrected chi connectivity index (χ4v) is 2.78. The van der Waals surface area contributed by atoms with Crippen molar-refractivity contribution in [3.05, 3.63) is 40.5 Å². The van der Waals surface area contributed by atoms with Crippen molar-refractivity contribution in [2.75, 3.05) is 13.7 Å². The summed E-state index contributed by atoms with van der Waals surface area (Å²) in [4.78, 5) is 27.5. The topological polar surface area (TPSA) is 85.3 Å². The molecular formula is C17H21NO6S. The third kappa shape index (κ3) is 6.77. The van der Waals surface area contributed by atoms with E-state index in [4.69, 9.17) is 19.0 Å². The number of methoxy groups -OCH3 is 1. The maximum atomic E-state index is 11.5. The van der Waals surface area contributed by atoms with Gasteiger partial charge in [0.2, 0.25) is 5.09 Å². The van der Waals surface area contributed by atoms with Gasteiger partial charge in [-0.2, -0.15) is 4.28 Å². The fourth-order valence-electron chi connectivity index (χ4n) is 2.22. The molecule has 1 aliphatic heterocycles. The van der Waals surface area contributed by atoms with Crippen LogP contribution in [0.3, 0.4) is 0 Å². The number of rotatable bonds is 9. The van der Waals surface area contributed by atoms with Crippen LogP contribution in [0.15, 0.2) is 29.4 Å². The van der Waals surface area contributed by atoms with E-state index in [-0.39, 0.29) is 12.4 Å². The molecule has 0 atom stereocenters. The highest BCUT2D eigenvalue weighted by molar-refractivity contribution is 7.98. The lowest BCUT2D eigenvalue weighted by molar-refractivity contribution is -0.259. The highest BCUT2D eigenvalue weighted by atomic mass is 32.2. The first-order chi connectivity index (χ1) is 12.1. The Labute approximate surface area is 150 Å². The zero-order chi connectivity index (χ0) is 18.1. The molecule has 0 aromatic heterocycles. The molecule has 25 heavy (non-hydrogen) atoms. The lowest BCUT2D eigenvalue weighted by atomic mass is 10.1. The molecule has 7 nitrogen and oxygen atoms in total. The summed E-state index contributed by atoms with van der Waals surface area (Å²) in [5.41, 5.74) is 1.28. The predicted molar refractivity (Wildman–Crippen MR) is 92.9 cm³/mol. The molecular weight excluding hydrogens is 346 g/mol. The van der Waals surface area contributed by atoms with E-state index in [1.54, 1.807) is 24.3 Å². The summed E-state index contributed by atoms with van der Waals surface area (Å²) < 4.78 is 10.1. The number of esters is 1.